The molecule has 0 aliphatic heterocycles. The van der Waals surface area contributed by atoms with Crippen molar-refractivity contribution >= 4 is 0 Å². The molecule has 1 aromatic carbocycles. The third-order valence-electron chi connectivity index (χ3n) is 2.51. The lowest BCUT2D eigenvalue weighted by Crippen LogP contribution is -2.09. The first-order chi connectivity index (χ1) is 6.60. The fraction of sp³-hybridized carbons (Fsp3) is 0.300. The van der Waals surface area contributed by atoms with E-state index in [1.807, 2.05) is 6.07 Å². The van der Waals surface area contributed by atoms with Crippen LogP contribution in [0.2, 0.25) is 0 Å². The molecule has 0 unspecified atom stereocenters. The molecular weight excluding hydrogens is 188 g/mol. The number of benzene rings is 1. The summed E-state index contributed by atoms with van der Waals surface area (Å²) in [6, 6.07) is 3.81. The summed E-state index contributed by atoms with van der Waals surface area (Å²) in [6.45, 7) is 0. The average molecular weight is 195 g/mol. The van der Waals surface area contributed by atoms with E-state index in [2.05, 4.69) is 0 Å². The van der Waals surface area contributed by atoms with Crippen molar-refractivity contribution in [1.82, 2.24) is 0 Å². The highest BCUT2D eigenvalue weighted by Crippen LogP contribution is 2.50. The van der Waals surface area contributed by atoms with Crippen molar-refractivity contribution in [2.24, 2.45) is 0 Å². The molecular formula is C10H7F2NO. The van der Waals surface area contributed by atoms with Crippen molar-refractivity contribution < 1.29 is 13.9 Å². The molecule has 2 nitrogen and oxygen atoms in total. The van der Waals surface area contributed by atoms with Gasteiger partial charge in [0.1, 0.15) is 5.82 Å². The van der Waals surface area contributed by atoms with Crippen molar-refractivity contribution in [2.45, 2.75) is 18.3 Å². The minimum absolute atomic E-state index is 0.292. The summed E-state index contributed by atoms with van der Waals surface area (Å²) in [5.41, 5.74) is -1.34. The Kier molecular flexibility index (Phi) is 1.71. The van der Waals surface area contributed by atoms with Gasteiger partial charge in [0.2, 0.25) is 0 Å². The number of phenols is 1. The van der Waals surface area contributed by atoms with Gasteiger partial charge in [-0.3, -0.25) is 0 Å². The van der Waals surface area contributed by atoms with Crippen LogP contribution in [-0.2, 0) is 5.41 Å². The molecule has 0 amide bonds. The Hall–Kier alpha value is -1.63. The van der Waals surface area contributed by atoms with E-state index in [0.717, 1.165) is 12.1 Å². The van der Waals surface area contributed by atoms with Gasteiger partial charge in [-0.25, -0.2) is 8.78 Å². The van der Waals surface area contributed by atoms with Crippen LogP contribution < -0.4 is 0 Å². The van der Waals surface area contributed by atoms with Crippen molar-refractivity contribution in [2.75, 3.05) is 0 Å². The molecule has 1 saturated carbocycles. The van der Waals surface area contributed by atoms with Gasteiger partial charge >= 0.3 is 0 Å². The molecule has 2 rings (SSSR count). The lowest BCUT2D eigenvalue weighted by molar-refractivity contribution is 0.419. The highest BCUT2D eigenvalue weighted by atomic mass is 19.1. The van der Waals surface area contributed by atoms with Gasteiger partial charge in [0.15, 0.2) is 11.6 Å². The van der Waals surface area contributed by atoms with Gasteiger partial charge in [0.25, 0.3) is 0 Å². The van der Waals surface area contributed by atoms with E-state index >= 15 is 0 Å². The molecule has 1 aliphatic carbocycles. The largest absolute Gasteiger partial charge is 0.505 e. The zero-order valence-electron chi connectivity index (χ0n) is 7.22. The maximum Gasteiger partial charge on any atom is 0.172 e. The zero-order valence-corrected chi connectivity index (χ0v) is 7.22. The highest BCUT2D eigenvalue weighted by molar-refractivity contribution is 5.44. The molecule has 4 heteroatoms. The number of rotatable bonds is 1. The minimum atomic E-state index is -1.05. The van der Waals surface area contributed by atoms with Crippen LogP contribution in [0.3, 0.4) is 0 Å². The zero-order chi connectivity index (χ0) is 10.3. The first-order valence-corrected chi connectivity index (χ1v) is 4.19. The molecule has 1 fully saturated rings. The number of nitrogens with zero attached hydrogens (tertiary/aromatic N) is 1. The van der Waals surface area contributed by atoms with Gasteiger partial charge in [-0.05, 0) is 25.0 Å². The summed E-state index contributed by atoms with van der Waals surface area (Å²) in [5.74, 6) is -2.38. The van der Waals surface area contributed by atoms with E-state index in [1.165, 1.54) is 0 Å². The fourth-order valence-electron chi connectivity index (χ4n) is 1.52. The van der Waals surface area contributed by atoms with Crippen molar-refractivity contribution in [3.8, 4) is 11.8 Å². The van der Waals surface area contributed by atoms with E-state index < -0.39 is 22.8 Å². The Morgan fingerprint density at radius 2 is 2.00 bits per heavy atom. The predicted molar refractivity (Wildman–Crippen MR) is 44.5 cm³/mol. The Labute approximate surface area is 79.4 Å². The summed E-state index contributed by atoms with van der Waals surface area (Å²) < 4.78 is 26.6. The second kappa shape index (κ2) is 2.68. The van der Waals surface area contributed by atoms with E-state index in [4.69, 9.17) is 10.4 Å². The fourth-order valence-corrected chi connectivity index (χ4v) is 1.52. The lowest BCUT2D eigenvalue weighted by atomic mass is 9.96. The lowest BCUT2D eigenvalue weighted by Gasteiger charge is -2.09. The number of hydrogen-bond donors (Lipinski definition) is 1. The van der Waals surface area contributed by atoms with Gasteiger partial charge in [-0.15, -0.1) is 0 Å². The standard InChI is InChI=1S/C10H7F2NO/c11-6-1-2-7(14)9(12)8(6)10(5-13)3-4-10/h1-2,14H,3-4H2. The Balaban J connectivity index is 2.64. The van der Waals surface area contributed by atoms with Gasteiger partial charge < -0.3 is 5.11 Å². The van der Waals surface area contributed by atoms with E-state index in [-0.39, 0.29) is 5.56 Å². The quantitative estimate of drug-likeness (QED) is 0.746. The van der Waals surface area contributed by atoms with Crippen LogP contribution in [0.15, 0.2) is 12.1 Å². The molecule has 0 atom stereocenters. The molecule has 14 heavy (non-hydrogen) atoms. The number of halogens is 2. The van der Waals surface area contributed by atoms with Crippen LogP contribution in [-0.4, -0.2) is 5.11 Å². The molecule has 0 aromatic heterocycles. The van der Waals surface area contributed by atoms with Gasteiger partial charge in [-0.1, -0.05) is 0 Å². The van der Waals surface area contributed by atoms with Crippen LogP contribution >= 0.6 is 0 Å². The number of hydrogen-bond acceptors (Lipinski definition) is 2. The molecule has 0 spiro atoms. The SMILES string of the molecule is N#CC1(c2c(F)ccc(O)c2F)CC1. The van der Waals surface area contributed by atoms with Crippen molar-refractivity contribution in [3.05, 3.63) is 29.3 Å². The smallest absolute Gasteiger partial charge is 0.172 e. The third kappa shape index (κ3) is 1.06. The monoisotopic (exact) mass is 195 g/mol. The second-order valence-electron chi connectivity index (χ2n) is 3.45. The first-order valence-electron chi connectivity index (χ1n) is 4.19. The van der Waals surface area contributed by atoms with E-state index in [1.54, 1.807) is 0 Å². The molecule has 1 aliphatic rings. The minimum Gasteiger partial charge on any atom is -0.505 e. The third-order valence-corrected chi connectivity index (χ3v) is 2.51. The van der Waals surface area contributed by atoms with Crippen LogP contribution in [0.4, 0.5) is 8.78 Å². The molecule has 0 saturated heterocycles. The maximum absolute atomic E-state index is 13.3. The van der Waals surface area contributed by atoms with Gasteiger partial charge in [0.05, 0.1) is 11.5 Å². The molecule has 1 aromatic rings. The summed E-state index contributed by atoms with van der Waals surface area (Å²) in [7, 11) is 0. The summed E-state index contributed by atoms with van der Waals surface area (Å²) in [6.07, 6.45) is 0.890. The van der Waals surface area contributed by atoms with Gasteiger partial charge in [0, 0.05) is 5.56 Å². The normalized spacial score (nSPS) is 17.5. The van der Waals surface area contributed by atoms with Crippen LogP contribution in [0.5, 0.6) is 5.75 Å². The number of nitriles is 1. The number of phenolic OH excluding ortho intramolecular Hbond substituents is 1. The second-order valence-corrected chi connectivity index (χ2v) is 3.45. The van der Waals surface area contributed by atoms with Crippen LogP contribution in [0.25, 0.3) is 0 Å². The van der Waals surface area contributed by atoms with Gasteiger partial charge in [-0.2, -0.15) is 5.26 Å². The molecule has 0 heterocycles. The molecule has 0 bridgehead atoms. The average Bonchev–Trinajstić information content (AvgIpc) is 2.93. The Bertz CT molecular complexity index is 432. The predicted octanol–water partition coefficient (Wildman–Crippen LogP) is 2.23. The first kappa shape index (κ1) is 8.95. The summed E-state index contributed by atoms with van der Waals surface area (Å²) in [5, 5.41) is 17.8. The molecule has 72 valence electrons. The van der Waals surface area contributed by atoms with E-state index in [0.29, 0.717) is 12.8 Å². The topological polar surface area (TPSA) is 44.0 Å². The highest BCUT2D eigenvalue weighted by Gasteiger charge is 2.49. The molecule has 0 radical (unpaired) electrons. The number of aromatic hydroxyl groups is 1. The summed E-state index contributed by atoms with van der Waals surface area (Å²) in [4.78, 5) is 0. The van der Waals surface area contributed by atoms with Crippen LogP contribution in [0, 0.1) is 23.0 Å². The van der Waals surface area contributed by atoms with Crippen molar-refractivity contribution in [3.63, 3.8) is 0 Å². The molecule has 1 N–H and O–H groups in total. The van der Waals surface area contributed by atoms with Crippen LogP contribution in [0.1, 0.15) is 18.4 Å². The van der Waals surface area contributed by atoms with E-state index in [9.17, 15) is 8.78 Å². The summed E-state index contributed by atoms with van der Waals surface area (Å²) >= 11 is 0. The van der Waals surface area contributed by atoms with Crippen molar-refractivity contribution in [1.29, 1.82) is 5.26 Å². The maximum atomic E-state index is 13.3. The Morgan fingerprint density at radius 3 is 2.50 bits per heavy atom. The Morgan fingerprint density at radius 1 is 1.36 bits per heavy atom.